The Hall–Kier alpha value is -0.640. The summed E-state index contributed by atoms with van der Waals surface area (Å²) in [7, 11) is 1.68. The number of methoxy groups -OCH3 is 1. The number of halogens is 2. The van der Waals surface area contributed by atoms with E-state index in [-0.39, 0.29) is 22.5 Å². The molecule has 0 heterocycles. The molecule has 2 nitrogen and oxygen atoms in total. The van der Waals surface area contributed by atoms with Crippen LogP contribution < -0.4 is 5.32 Å². The van der Waals surface area contributed by atoms with E-state index in [1.54, 1.807) is 19.2 Å². The summed E-state index contributed by atoms with van der Waals surface area (Å²) in [6.07, 6.45) is 0. The van der Waals surface area contributed by atoms with Gasteiger partial charge in [-0.05, 0) is 38.5 Å². The van der Waals surface area contributed by atoms with E-state index in [1.165, 1.54) is 6.07 Å². The third-order valence-electron chi connectivity index (χ3n) is 2.83. The number of benzene rings is 1. The molecule has 0 bridgehead atoms. The lowest BCUT2D eigenvalue weighted by atomic mass is 10.1. The molecule has 0 saturated carbocycles. The molecule has 4 heteroatoms. The normalized spacial score (nSPS) is 13.8. The van der Waals surface area contributed by atoms with Crippen LogP contribution in [0.5, 0.6) is 0 Å². The van der Waals surface area contributed by atoms with Gasteiger partial charge in [0.1, 0.15) is 5.82 Å². The number of nitrogens with one attached hydrogen (secondary N) is 1. The van der Waals surface area contributed by atoms with Crippen molar-refractivity contribution in [2.45, 2.75) is 32.4 Å². The average molecular weight is 260 g/mol. The fourth-order valence-corrected chi connectivity index (χ4v) is 1.56. The van der Waals surface area contributed by atoms with E-state index >= 15 is 0 Å². The number of hydrogen-bond acceptors (Lipinski definition) is 2. The molecule has 0 amide bonds. The van der Waals surface area contributed by atoms with Crippen LogP contribution in [0.15, 0.2) is 18.2 Å². The second kappa shape index (κ2) is 5.80. The van der Waals surface area contributed by atoms with Crippen molar-refractivity contribution in [1.82, 2.24) is 5.32 Å². The Morgan fingerprint density at radius 2 is 2.12 bits per heavy atom. The second-order valence-electron chi connectivity index (χ2n) is 4.74. The first-order valence-electron chi connectivity index (χ1n) is 5.59. The molecule has 0 saturated heterocycles. The van der Waals surface area contributed by atoms with Crippen molar-refractivity contribution in [3.63, 3.8) is 0 Å². The predicted octanol–water partition coefficient (Wildman–Crippen LogP) is 3.55. The summed E-state index contributed by atoms with van der Waals surface area (Å²) in [5, 5.41) is 3.49. The van der Waals surface area contributed by atoms with Gasteiger partial charge >= 0.3 is 0 Å². The number of ether oxygens (including phenoxy) is 1. The molecule has 1 rings (SSSR count). The molecule has 1 unspecified atom stereocenters. The van der Waals surface area contributed by atoms with Gasteiger partial charge in [0.05, 0.1) is 10.6 Å². The number of rotatable bonds is 5. The van der Waals surface area contributed by atoms with Gasteiger partial charge in [-0.1, -0.05) is 17.7 Å². The molecule has 0 aliphatic rings. The van der Waals surface area contributed by atoms with Crippen LogP contribution in [0.1, 0.15) is 32.4 Å². The second-order valence-corrected chi connectivity index (χ2v) is 5.15. The van der Waals surface area contributed by atoms with Crippen molar-refractivity contribution in [2.24, 2.45) is 0 Å². The van der Waals surface area contributed by atoms with Crippen molar-refractivity contribution >= 4 is 11.6 Å². The molecule has 1 aromatic rings. The Kier molecular flexibility index (Phi) is 4.92. The van der Waals surface area contributed by atoms with Gasteiger partial charge < -0.3 is 10.1 Å². The van der Waals surface area contributed by atoms with Gasteiger partial charge in [0.25, 0.3) is 0 Å². The highest BCUT2D eigenvalue weighted by atomic mass is 35.5. The molecule has 0 fully saturated rings. The maximum Gasteiger partial charge on any atom is 0.141 e. The van der Waals surface area contributed by atoms with E-state index in [9.17, 15) is 4.39 Å². The summed E-state index contributed by atoms with van der Waals surface area (Å²) in [6.45, 7) is 6.73. The Labute approximate surface area is 107 Å². The predicted molar refractivity (Wildman–Crippen MR) is 68.9 cm³/mol. The molecule has 96 valence electrons. The SMILES string of the molecule is COC(C)(C)CNC(C)c1ccc(F)c(Cl)c1. The van der Waals surface area contributed by atoms with Crippen molar-refractivity contribution in [3.05, 3.63) is 34.6 Å². The van der Waals surface area contributed by atoms with Crippen molar-refractivity contribution in [2.75, 3.05) is 13.7 Å². The fourth-order valence-electron chi connectivity index (χ4n) is 1.37. The first-order chi connectivity index (χ1) is 7.85. The highest BCUT2D eigenvalue weighted by Gasteiger charge is 2.17. The Balaban J connectivity index is 2.64. The van der Waals surface area contributed by atoms with Gasteiger partial charge in [-0.25, -0.2) is 4.39 Å². The van der Waals surface area contributed by atoms with E-state index in [2.05, 4.69) is 5.32 Å². The largest absolute Gasteiger partial charge is 0.377 e. The van der Waals surface area contributed by atoms with Crippen LogP contribution in [0.2, 0.25) is 5.02 Å². The monoisotopic (exact) mass is 259 g/mol. The molecule has 1 aromatic carbocycles. The van der Waals surface area contributed by atoms with E-state index in [1.807, 2.05) is 20.8 Å². The van der Waals surface area contributed by atoms with Crippen molar-refractivity contribution in [1.29, 1.82) is 0 Å². The maximum absolute atomic E-state index is 13.0. The Morgan fingerprint density at radius 1 is 1.47 bits per heavy atom. The van der Waals surface area contributed by atoms with Crippen LogP contribution in [0.3, 0.4) is 0 Å². The molecule has 0 radical (unpaired) electrons. The zero-order valence-corrected chi connectivity index (χ0v) is 11.4. The highest BCUT2D eigenvalue weighted by molar-refractivity contribution is 6.30. The first-order valence-corrected chi connectivity index (χ1v) is 5.97. The quantitative estimate of drug-likeness (QED) is 0.873. The van der Waals surface area contributed by atoms with Crippen molar-refractivity contribution < 1.29 is 9.13 Å². The van der Waals surface area contributed by atoms with Crippen LogP contribution in [-0.4, -0.2) is 19.3 Å². The summed E-state index contributed by atoms with van der Waals surface area (Å²) in [5.74, 6) is -0.389. The highest BCUT2D eigenvalue weighted by Crippen LogP contribution is 2.21. The topological polar surface area (TPSA) is 21.3 Å². The minimum absolute atomic E-state index is 0.0996. The average Bonchev–Trinajstić information content (AvgIpc) is 2.30. The molecule has 17 heavy (non-hydrogen) atoms. The summed E-state index contributed by atoms with van der Waals surface area (Å²) in [6, 6.07) is 4.87. The summed E-state index contributed by atoms with van der Waals surface area (Å²) in [4.78, 5) is 0. The third kappa shape index (κ3) is 4.26. The van der Waals surface area contributed by atoms with Gasteiger partial charge in [-0.15, -0.1) is 0 Å². The van der Waals surface area contributed by atoms with Crippen LogP contribution in [-0.2, 0) is 4.74 Å². The molecule has 1 N–H and O–H groups in total. The van der Waals surface area contributed by atoms with E-state index in [4.69, 9.17) is 16.3 Å². The zero-order valence-electron chi connectivity index (χ0n) is 10.7. The summed E-state index contributed by atoms with van der Waals surface area (Å²) in [5.41, 5.74) is 0.737. The lowest BCUT2D eigenvalue weighted by Crippen LogP contribution is -2.37. The molecular weight excluding hydrogens is 241 g/mol. The van der Waals surface area contributed by atoms with E-state index in [0.717, 1.165) is 5.56 Å². The van der Waals surface area contributed by atoms with E-state index in [0.29, 0.717) is 6.54 Å². The minimum atomic E-state index is -0.389. The Bertz CT molecular complexity index is 382. The zero-order chi connectivity index (χ0) is 13.1. The maximum atomic E-state index is 13.0. The first kappa shape index (κ1) is 14.4. The van der Waals surface area contributed by atoms with Gasteiger partial charge in [0.15, 0.2) is 0 Å². The standard InChI is InChI=1S/C13H19ClFNO/c1-9(16-8-13(2,3)17-4)10-5-6-12(15)11(14)7-10/h5-7,9,16H,8H2,1-4H3. The number of hydrogen-bond donors (Lipinski definition) is 1. The smallest absolute Gasteiger partial charge is 0.141 e. The summed E-state index contributed by atoms with van der Waals surface area (Å²) >= 11 is 5.75. The summed E-state index contributed by atoms with van der Waals surface area (Å²) < 4.78 is 18.3. The molecular formula is C13H19ClFNO. The van der Waals surface area contributed by atoms with Gasteiger partial charge in [0, 0.05) is 19.7 Å². The van der Waals surface area contributed by atoms with Gasteiger partial charge in [0.2, 0.25) is 0 Å². The van der Waals surface area contributed by atoms with Crippen LogP contribution in [0.4, 0.5) is 4.39 Å². The molecule has 0 aromatic heterocycles. The lowest BCUT2D eigenvalue weighted by Gasteiger charge is -2.26. The van der Waals surface area contributed by atoms with E-state index < -0.39 is 0 Å². The van der Waals surface area contributed by atoms with Gasteiger partial charge in [-0.3, -0.25) is 0 Å². The Morgan fingerprint density at radius 3 is 2.65 bits per heavy atom. The molecule has 0 aliphatic carbocycles. The van der Waals surface area contributed by atoms with Crippen molar-refractivity contribution in [3.8, 4) is 0 Å². The van der Waals surface area contributed by atoms with Crippen LogP contribution in [0.25, 0.3) is 0 Å². The molecule has 0 aliphatic heterocycles. The van der Waals surface area contributed by atoms with Gasteiger partial charge in [-0.2, -0.15) is 0 Å². The minimum Gasteiger partial charge on any atom is -0.377 e. The van der Waals surface area contributed by atoms with Crippen LogP contribution in [0, 0.1) is 5.82 Å². The molecule has 1 atom stereocenters. The van der Waals surface area contributed by atoms with Crippen LogP contribution >= 0.6 is 11.6 Å². The fraction of sp³-hybridized carbons (Fsp3) is 0.538. The lowest BCUT2D eigenvalue weighted by molar-refractivity contribution is 0.0214. The molecule has 0 spiro atoms. The third-order valence-corrected chi connectivity index (χ3v) is 3.12.